The van der Waals surface area contributed by atoms with Crippen molar-refractivity contribution >= 4 is 0 Å². The molecule has 1 unspecified atom stereocenters. The first-order valence-electron chi connectivity index (χ1n) is 9.74. The molecular weight excluding hydrogens is 328 g/mol. The molecule has 2 heterocycles. The summed E-state index contributed by atoms with van der Waals surface area (Å²) in [5.74, 6) is 2.74. The van der Waals surface area contributed by atoms with Crippen molar-refractivity contribution < 1.29 is 9.47 Å². The van der Waals surface area contributed by atoms with Crippen LogP contribution in [0.15, 0.2) is 24.3 Å². The Morgan fingerprint density at radius 1 is 1.19 bits per heavy atom. The zero-order chi connectivity index (χ0) is 17.8. The molecule has 2 aliphatic rings. The Morgan fingerprint density at radius 2 is 2.00 bits per heavy atom. The third-order valence-electron chi connectivity index (χ3n) is 5.36. The quantitative estimate of drug-likeness (QED) is 0.892. The molecule has 1 aliphatic carbocycles. The number of hydrogen-bond donors (Lipinski definition) is 1. The van der Waals surface area contributed by atoms with Gasteiger partial charge in [0, 0.05) is 19.5 Å². The number of morpholine rings is 1. The Bertz CT molecular complexity index is 666. The van der Waals surface area contributed by atoms with E-state index in [1.165, 1.54) is 37.7 Å². The van der Waals surface area contributed by atoms with Gasteiger partial charge in [0.1, 0.15) is 11.9 Å². The molecule has 26 heavy (non-hydrogen) atoms. The summed E-state index contributed by atoms with van der Waals surface area (Å²) in [5.41, 5.74) is 1.20. The van der Waals surface area contributed by atoms with Crippen molar-refractivity contribution in [3.63, 3.8) is 0 Å². The summed E-state index contributed by atoms with van der Waals surface area (Å²) in [4.78, 5) is 4.90. The number of hydrogen-bond acceptors (Lipinski definition) is 5. The van der Waals surface area contributed by atoms with Crippen LogP contribution in [-0.2, 0) is 11.2 Å². The van der Waals surface area contributed by atoms with Crippen LogP contribution in [0, 0.1) is 0 Å². The molecule has 1 aromatic carbocycles. The van der Waals surface area contributed by atoms with Gasteiger partial charge in [-0.2, -0.15) is 5.10 Å². The molecule has 4 rings (SSSR count). The highest BCUT2D eigenvalue weighted by molar-refractivity contribution is 5.28. The summed E-state index contributed by atoms with van der Waals surface area (Å²) < 4.78 is 13.4. The molecule has 0 spiro atoms. The molecule has 1 aliphatic heterocycles. The lowest BCUT2D eigenvalue weighted by Gasteiger charge is -2.27. The highest BCUT2D eigenvalue weighted by Crippen LogP contribution is 2.31. The van der Waals surface area contributed by atoms with E-state index >= 15 is 0 Å². The smallest absolute Gasteiger partial charge is 0.157 e. The second kappa shape index (κ2) is 8.18. The fourth-order valence-corrected chi connectivity index (χ4v) is 3.93. The first kappa shape index (κ1) is 17.5. The molecule has 0 bridgehead atoms. The van der Waals surface area contributed by atoms with E-state index in [-0.39, 0.29) is 6.10 Å². The standard InChI is InChI=1S/C20H28N4O2/c1-25-17-9-7-15(8-10-17)13-19-22-20(18-14-21-11-12-26-18)24(23-19)16-5-3-2-4-6-16/h7-10,16,18,21H,2-6,11-14H2,1H3. The number of nitrogens with zero attached hydrogens (tertiary/aromatic N) is 3. The van der Waals surface area contributed by atoms with Crippen molar-refractivity contribution in [3.8, 4) is 5.75 Å². The van der Waals surface area contributed by atoms with Gasteiger partial charge in [0.05, 0.1) is 19.8 Å². The summed E-state index contributed by atoms with van der Waals surface area (Å²) in [7, 11) is 1.69. The number of rotatable bonds is 5. The number of nitrogens with one attached hydrogen (secondary N) is 1. The van der Waals surface area contributed by atoms with E-state index in [1.807, 2.05) is 12.1 Å². The number of ether oxygens (including phenoxy) is 2. The largest absolute Gasteiger partial charge is 0.497 e. The monoisotopic (exact) mass is 356 g/mol. The van der Waals surface area contributed by atoms with E-state index in [1.54, 1.807) is 7.11 Å². The summed E-state index contributed by atoms with van der Waals surface area (Å²) in [6, 6.07) is 8.60. The Balaban J connectivity index is 1.58. The second-order valence-electron chi connectivity index (χ2n) is 7.21. The Hall–Kier alpha value is -1.92. The fraction of sp³-hybridized carbons (Fsp3) is 0.600. The molecule has 2 aromatic rings. The fourth-order valence-electron chi connectivity index (χ4n) is 3.93. The summed E-state index contributed by atoms with van der Waals surface area (Å²) in [6.07, 6.45) is 7.01. The van der Waals surface area contributed by atoms with Gasteiger partial charge in [0.25, 0.3) is 0 Å². The molecule has 2 fully saturated rings. The van der Waals surface area contributed by atoms with Crippen LogP contribution < -0.4 is 10.1 Å². The van der Waals surface area contributed by atoms with E-state index < -0.39 is 0 Å². The van der Waals surface area contributed by atoms with Gasteiger partial charge in [-0.25, -0.2) is 9.67 Å². The van der Waals surface area contributed by atoms with Crippen molar-refractivity contribution in [3.05, 3.63) is 41.5 Å². The Kier molecular flexibility index (Phi) is 5.51. The summed E-state index contributed by atoms with van der Waals surface area (Å²) in [5, 5.41) is 8.33. The molecule has 6 heteroatoms. The maximum atomic E-state index is 5.99. The van der Waals surface area contributed by atoms with Gasteiger partial charge in [0.15, 0.2) is 11.6 Å². The SMILES string of the molecule is COc1ccc(Cc2nc(C3CNCCO3)n(C3CCCCC3)n2)cc1. The average Bonchev–Trinajstić information content (AvgIpc) is 3.14. The highest BCUT2D eigenvalue weighted by atomic mass is 16.5. The molecule has 1 aromatic heterocycles. The molecule has 1 saturated carbocycles. The topological polar surface area (TPSA) is 61.2 Å². The Labute approximate surface area is 154 Å². The van der Waals surface area contributed by atoms with E-state index in [2.05, 4.69) is 22.1 Å². The second-order valence-corrected chi connectivity index (χ2v) is 7.21. The van der Waals surface area contributed by atoms with Crippen molar-refractivity contribution in [1.82, 2.24) is 20.1 Å². The zero-order valence-electron chi connectivity index (χ0n) is 15.5. The van der Waals surface area contributed by atoms with Crippen LogP contribution in [-0.4, -0.2) is 41.6 Å². The maximum Gasteiger partial charge on any atom is 0.157 e. The number of aromatic nitrogens is 3. The molecule has 1 saturated heterocycles. The third-order valence-corrected chi connectivity index (χ3v) is 5.36. The predicted octanol–water partition coefficient (Wildman–Crippen LogP) is 3.04. The van der Waals surface area contributed by atoms with Crippen LogP contribution in [0.5, 0.6) is 5.75 Å². The van der Waals surface area contributed by atoms with Crippen LogP contribution in [0.1, 0.15) is 61.5 Å². The van der Waals surface area contributed by atoms with E-state index in [9.17, 15) is 0 Å². The number of benzene rings is 1. The minimum atomic E-state index is 0.00259. The minimum Gasteiger partial charge on any atom is -0.497 e. The first-order chi connectivity index (χ1) is 12.8. The molecular formula is C20H28N4O2. The lowest BCUT2D eigenvalue weighted by molar-refractivity contribution is 0.0176. The van der Waals surface area contributed by atoms with E-state index in [0.29, 0.717) is 6.04 Å². The highest BCUT2D eigenvalue weighted by Gasteiger charge is 2.27. The third kappa shape index (κ3) is 3.91. The van der Waals surface area contributed by atoms with Crippen LogP contribution in [0.2, 0.25) is 0 Å². The lowest BCUT2D eigenvalue weighted by Crippen LogP contribution is -2.35. The van der Waals surface area contributed by atoms with Gasteiger partial charge in [-0.3, -0.25) is 0 Å². The first-order valence-corrected chi connectivity index (χ1v) is 9.74. The van der Waals surface area contributed by atoms with Gasteiger partial charge in [-0.1, -0.05) is 31.4 Å². The molecule has 0 radical (unpaired) electrons. The van der Waals surface area contributed by atoms with Gasteiger partial charge in [0.2, 0.25) is 0 Å². The van der Waals surface area contributed by atoms with Gasteiger partial charge >= 0.3 is 0 Å². The molecule has 6 nitrogen and oxygen atoms in total. The predicted molar refractivity (Wildman–Crippen MR) is 99.5 cm³/mol. The van der Waals surface area contributed by atoms with E-state index in [4.69, 9.17) is 19.6 Å². The maximum absolute atomic E-state index is 5.99. The zero-order valence-corrected chi connectivity index (χ0v) is 15.5. The van der Waals surface area contributed by atoms with Gasteiger partial charge < -0.3 is 14.8 Å². The van der Waals surface area contributed by atoms with Crippen molar-refractivity contribution in [2.45, 2.75) is 50.7 Å². The van der Waals surface area contributed by atoms with Gasteiger partial charge in [-0.05, 0) is 30.5 Å². The van der Waals surface area contributed by atoms with Gasteiger partial charge in [-0.15, -0.1) is 0 Å². The van der Waals surface area contributed by atoms with Crippen LogP contribution in [0.3, 0.4) is 0 Å². The van der Waals surface area contributed by atoms with Crippen molar-refractivity contribution in [2.24, 2.45) is 0 Å². The van der Waals surface area contributed by atoms with Crippen molar-refractivity contribution in [2.75, 3.05) is 26.8 Å². The number of methoxy groups -OCH3 is 1. The van der Waals surface area contributed by atoms with Crippen LogP contribution >= 0.6 is 0 Å². The molecule has 1 atom stereocenters. The average molecular weight is 356 g/mol. The summed E-state index contributed by atoms with van der Waals surface area (Å²) >= 11 is 0. The van der Waals surface area contributed by atoms with Crippen LogP contribution in [0.4, 0.5) is 0 Å². The van der Waals surface area contributed by atoms with E-state index in [0.717, 1.165) is 43.5 Å². The lowest BCUT2D eigenvalue weighted by atomic mass is 9.95. The molecule has 1 N–H and O–H groups in total. The van der Waals surface area contributed by atoms with Crippen LogP contribution in [0.25, 0.3) is 0 Å². The summed E-state index contributed by atoms with van der Waals surface area (Å²) in [6.45, 7) is 2.45. The molecule has 140 valence electrons. The minimum absolute atomic E-state index is 0.00259. The molecule has 0 amide bonds. The normalized spacial score (nSPS) is 21.7. The van der Waals surface area contributed by atoms with Crippen molar-refractivity contribution in [1.29, 1.82) is 0 Å². The Morgan fingerprint density at radius 3 is 2.69 bits per heavy atom.